The monoisotopic (exact) mass is 209 g/mol. The van der Waals surface area contributed by atoms with Gasteiger partial charge < -0.3 is 0 Å². The van der Waals surface area contributed by atoms with E-state index in [1.807, 2.05) is 11.9 Å². The Hall–Kier alpha value is -0.470. The number of rotatable bonds is 5. The SMILES string of the molecule is CCCN(Sc1ccccc1)C(C)C. The van der Waals surface area contributed by atoms with E-state index in [9.17, 15) is 0 Å². The summed E-state index contributed by atoms with van der Waals surface area (Å²) < 4.78 is 2.43. The Morgan fingerprint density at radius 2 is 1.86 bits per heavy atom. The van der Waals surface area contributed by atoms with Crippen molar-refractivity contribution in [2.24, 2.45) is 0 Å². The van der Waals surface area contributed by atoms with Crippen molar-refractivity contribution in [3.63, 3.8) is 0 Å². The molecule has 0 aliphatic heterocycles. The van der Waals surface area contributed by atoms with Crippen molar-refractivity contribution < 1.29 is 0 Å². The molecule has 0 saturated carbocycles. The highest BCUT2D eigenvalue weighted by atomic mass is 32.2. The zero-order valence-corrected chi connectivity index (χ0v) is 10.1. The van der Waals surface area contributed by atoms with E-state index in [2.05, 4.69) is 55.4 Å². The molecule has 0 saturated heterocycles. The van der Waals surface area contributed by atoms with Crippen LogP contribution in [-0.2, 0) is 0 Å². The Kier molecular flexibility index (Phi) is 5.05. The molecule has 2 heteroatoms. The summed E-state index contributed by atoms with van der Waals surface area (Å²) in [6.45, 7) is 7.86. The molecule has 0 radical (unpaired) electrons. The van der Waals surface area contributed by atoms with Crippen molar-refractivity contribution in [2.75, 3.05) is 6.54 Å². The fraction of sp³-hybridized carbons (Fsp3) is 0.500. The number of benzene rings is 1. The molecule has 0 amide bonds. The van der Waals surface area contributed by atoms with E-state index < -0.39 is 0 Å². The number of hydrogen-bond donors (Lipinski definition) is 0. The first kappa shape index (κ1) is 11.6. The van der Waals surface area contributed by atoms with Gasteiger partial charge in [-0.3, -0.25) is 0 Å². The molecule has 0 spiro atoms. The van der Waals surface area contributed by atoms with Gasteiger partial charge in [0.15, 0.2) is 0 Å². The lowest BCUT2D eigenvalue weighted by Gasteiger charge is -2.24. The van der Waals surface area contributed by atoms with Gasteiger partial charge in [0.05, 0.1) is 0 Å². The van der Waals surface area contributed by atoms with Crippen molar-refractivity contribution in [1.82, 2.24) is 4.31 Å². The quantitative estimate of drug-likeness (QED) is 0.678. The third-order valence-corrected chi connectivity index (χ3v) is 3.31. The molecule has 1 aromatic rings. The van der Waals surface area contributed by atoms with Gasteiger partial charge in [-0.05, 0) is 44.3 Å². The maximum atomic E-state index is 2.43. The first-order valence-corrected chi connectivity index (χ1v) is 6.01. The molecule has 0 aromatic heterocycles. The van der Waals surface area contributed by atoms with Crippen LogP contribution in [0, 0.1) is 0 Å². The molecule has 0 aliphatic rings. The Morgan fingerprint density at radius 1 is 1.21 bits per heavy atom. The average molecular weight is 209 g/mol. The third-order valence-electron chi connectivity index (χ3n) is 1.99. The Bertz CT molecular complexity index is 246. The first-order valence-electron chi connectivity index (χ1n) is 5.23. The van der Waals surface area contributed by atoms with E-state index in [-0.39, 0.29) is 0 Å². The van der Waals surface area contributed by atoms with Crippen molar-refractivity contribution in [3.8, 4) is 0 Å². The van der Waals surface area contributed by atoms with Crippen LogP contribution >= 0.6 is 11.9 Å². The largest absolute Gasteiger partial charge is 0.244 e. The van der Waals surface area contributed by atoms with Gasteiger partial charge in [-0.15, -0.1) is 0 Å². The minimum Gasteiger partial charge on any atom is -0.244 e. The molecule has 0 unspecified atom stereocenters. The lowest BCUT2D eigenvalue weighted by molar-refractivity contribution is 0.396. The fourth-order valence-electron chi connectivity index (χ4n) is 1.25. The summed E-state index contributed by atoms with van der Waals surface area (Å²) in [5.41, 5.74) is 0. The van der Waals surface area contributed by atoms with Gasteiger partial charge in [0.1, 0.15) is 0 Å². The minimum absolute atomic E-state index is 0.597. The lowest BCUT2D eigenvalue weighted by atomic mass is 10.4. The second kappa shape index (κ2) is 6.10. The predicted octanol–water partition coefficient (Wildman–Crippen LogP) is 3.81. The molecule has 14 heavy (non-hydrogen) atoms. The van der Waals surface area contributed by atoms with E-state index in [0.29, 0.717) is 6.04 Å². The molecular formula is C12H19NS. The standard InChI is InChI=1S/C12H19NS/c1-4-10-13(11(2)3)14-12-8-6-5-7-9-12/h5-9,11H,4,10H2,1-3H3. The molecule has 78 valence electrons. The van der Waals surface area contributed by atoms with Crippen LogP contribution < -0.4 is 0 Å². The van der Waals surface area contributed by atoms with Crippen LogP contribution in [0.25, 0.3) is 0 Å². The van der Waals surface area contributed by atoms with Crippen LogP contribution in [0.5, 0.6) is 0 Å². The van der Waals surface area contributed by atoms with Gasteiger partial charge in [0.2, 0.25) is 0 Å². The van der Waals surface area contributed by atoms with Gasteiger partial charge in [0, 0.05) is 17.5 Å². The predicted molar refractivity (Wildman–Crippen MR) is 64.4 cm³/mol. The van der Waals surface area contributed by atoms with Gasteiger partial charge in [0.25, 0.3) is 0 Å². The lowest BCUT2D eigenvalue weighted by Crippen LogP contribution is -2.24. The first-order chi connectivity index (χ1) is 6.74. The van der Waals surface area contributed by atoms with Crippen LogP contribution in [0.15, 0.2) is 35.2 Å². The van der Waals surface area contributed by atoms with Crippen LogP contribution in [0.1, 0.15) is 27.2 Å². The van der Waals surface area contributed by atoms with E-state index in [0.717, 1.165) is 6.54 Å². The van der Waals surface area contributed by atoms with E-state index in [1.54, 1.807) is 0 Å². The molecular weight excluding hydrogens is 190 g/mol. The van der Waals surface area contributed by atoms with Crippen LogP contribution in [-0.4, -0.2) is 16.9 Å². The van der Waals surface area contributed by atoms with E-state index in [1.165, 1.54) is 11.3 Å². The van der Waals surface area contributed by atoms with Crippen molar-refractivity contribution >= 4 is 11.9 Å². The fourth-order valence-corrected chi connectivity index (χ4v) is 2.28. The third kappa shape index (κ3) is 3.72. The van der Waals surface area contributed by atoms with Gasteiger partial charge in [-0.2, -0.15) is 0 Å². The van der Waals surface area contributed by atoms with Gasteiger partial charge >= 0.3 is 0 Å². The Morgan fingerprint density at radius 3 is 2.36 bits per heavy atom. The highest BCUT2D eigenvalue weighted by Crippen LogP contribution is 2.24. The highest BCUT2D eigenvalue weighted by molar-refractivity contribution is 7.97. The second-order valence-corrected chi connectivity index (χ2v) is 4.76. The maximum Gasteiger partial charge on any atom is 0.0230 e. The normalized spacial score (nSPS) is 11.2. The number of nitrogens with zero attached hydrogens (tertiary/aromatic N) is 1. The second-order valence-electron chi connectivity index (χ2n) is 3.64. The van der Waals surface area contributed by atoms with Crippen molar-refractivity contribution in [1.29, 1.82) is 0 Å². The summed E-state index contributed by atoms with van der Waals surface area (Å²) in [5, 5.41) is 0. The van der Waals surface area contributed by atoms with Gasteiger partial charge in [-0.1, -0.05) is 25.1 Å². The summed E-state index contributed by atoms with van der Waals surface area (Å²) in [6, 6.07) is 11.2. The topological polar surface area (TPSA) is 3.24 Å². The van der Waals surface area contributed by atoms with Crippen molar-refractivity contribution in [2.45, 2.75) is 38.1 Å². The molecule has 0 fully saturated rings. The zero-order valence-electron chi connectivity index (χ0n) is 9.23. The average Bonchev–Trinajstić information content (AvgIpc) is 2.18. The molecule has 0 bridgehead atoms. The van der Waals surface area contributed by atoms with E-state index >= 15 is 0 Å². The summed E-state index contributed by atoms with van der Waals surface area (Å²) >= 11 is 1.85. The molecule has 1 aromatic carbocycles. The Balaban J connectivity index is 2.55. The summed E-state index contributed by atoms with van der Waals surface area (Å²) in [6.07, 6.45) is 1.21. The zero-order chi connectivity index (χ0) is 10.4. The summed E-state index contributed by atoms with van der Waals surface area (Å²) in [5.74, 6) is 0. The molecule has 1 nitrogen and oxygen atoms in total. The highest BCUT2D eigenvalue weighted by Gasteiger charge is 2.09. The van der Waals surface area contributed by atoms with Crippen LogP contribution in [0.3, 0.4) is 0 Å². The van der Waals surface area contributed by atoms with E-state index in [4.69, 9.17) is 0 Å². The summed E-state index contributed by atoms with van der Waals surface area (Å²) in [4.78, 5) is 1.33. The van der Waals surface area contributed by atoms with Crippen LogP contribution in [0.4, 0.5) is 0 Å². The van der Waals surface area contributed by atoms with Crippen molar-refractivity contribution in [3.05, 3.63) is 30.3 Å². The molecule has 0 aliphatic carbocycles. The maximum absolute atomic E-state index is 2.43. The minimum atomic E-state index is 0.597. The molecule has 0 atom stereocenters. The smallest absolute Gasteiger partial charge is 0.0230 e. The Labute approximate surface area is 91.6 Å². The molecule has 1 rings (SSSR count). The summed E-state index contributed by atoms with van der Waals surface area (Å²) in [7, 11) is 0. The molecule has 0 heterocycles. The number of hydrogen-bond acceptors (Lipinski definition) is 2. The van der Waals surface area contributed by atoms with Crippen LogP contribution in [0.2, 0.25) is 0 Å². The molecule has 0 N–H and O–H groups in total. The van der Waals surface area contributed by atoms with Gasteiger partial charge in [-0.25, -0.2) is 4.31 Å².